The number of phenols is 1. The molecule has 0 bridgehead atoms. The van der Waals surface area contributed by atoms with Gasteiger partial charge in [-0.15, -0.1) is 21.5 Å². The Bertz CT molecular complexity index is 2570. The molecular weight excluding hydrogens is 789 g/mol. The Kier molecular flexibility index (Phi) is 11.3. The largest absolute Gasteiger partial charge is 0.507 e. The lowest BCUT2D eigenvalue weighted by atomic mass is 9.91. The molecule has 3 atom stereocenters. The number of nitrogens with zero attached hydrogens (tertiary/aromatic N) is 6. The highest BCUT2D eigenvalue weighted by Crippen LogP contribution is 2.34. The van der Waals surface area contributed by atoms with E-state index in [1.165, 1.54) is 11.0 Å². The number of aliphatic hydroxyl groups excluding tert-OH is 1. The first-order valence-corrected chi connectivity index (χ1v) is 20.4. The van der Waals surface area contributed by atoms with E-state index in [2.05, 4.69) is 36.0 Å². The van der Waals surface area contributed by atoms with Gasteiger partial charge in [0.15, 0.2) is 24.0 Å². The lowest BCUT2D eigenvalue weighted by molar-refractivity contribution is -0.141. The molecule has 0 saturated carbocycles. The van der Waals surface area contributed by atoms with E-state index < -0.39 is 36.5 Å². The van der Waals surface area contributed by atoms with E-state index in [4.69, 9.17) is 14.7 Å². The number of aryl methyl sites for hydroxylation is 1. The van der Waals surface area contributed by atoms with Crippen molar-refractivity contribution in [3.05, 3.63) is 94.4 Å². The Hall–Kier alpha value is -6.66. The molecule has 0 unspecified atom stereocenters. The number of hydrogen-bond acceptors (Lipinski definition) is 13. The fourth-order valence-corrected chi connectivity index (χ4v) is 8.58. The molecule has 60 heavy (non-hydrogen) atoms. The van der Waals surface area contributed by atoms with Crippen LogP contribution in [0, 0.1) is 18.3 Å². The highest BCUT2D eigenvalue weighted by molar-refractivity contribution is 7.13. The zero-order valence-corrected chi connectivity index (χ0v) is 34.0. The Balaban J connectivity index is 0.856. The number of likely N-dealkylation sites (tertiary alicyclic amines) is 1. The second kappa shape index (κ2) is 16.9. The second-order valence-corrected chi connectivity index (χ2v) is 16.2. The minimum Gasteiger partial charge on any atom is -0.507 e. The van der Waals surface area contributed by atoms with E-state index in [1.807, 2.05) is 62.7 Å². The number of phenolic OH excluding ortho intramolecular Hbond substituents is 1. The molecule has 310 valence electrons. The molecule has 18 heteroatoms. The number of amides is 3. The van der Waals surface area contributed by atoms with Crippen molar-refractivity contribution >= 4 is 46.1 Å². The summed E-state index contributed by atoms with van der Waals surface area (Å²) < 4.78 is 11.2. The summed E-state index contributed by atoms with van der Waals surface area (Å²) in [7, 11) is 0. The summed E-state index contributed by atoms with van der Waals surface area (Å²) in [5, 5.41) is 48.5. The van der Waals surface area contributed by atoms with Crippen LogP contribution in [0.1, 0.15) is 54.5 Å². The minimum absolute atomic E-state index is 0.0152. The number of aromatic nitrogens is 5. The highest BCUT2D eigenvalue weighted by atomic mass is 32.1. The molecule has 8 rings (SSSR count). The average Bonchev–Trinajstić information content (AvgIpc) is 4.05. The zero-order valence-electron chi connectivity index (χ0n) is 33.1. The maximum absolute atomic E-state index is 14.1. The minimum atomic E-state index is -0.886. The quantitative estimate of drug-likeness (QED) is 0.0794. The fourth-order valence-electron chi connectivity index (χ4n) is 7.77. The number of thiazole rings is 1. The van der Waals surface area contributed by atoms with Crippen LogP contribution in [0.15, 0.2) is 70.7 Å². The number of carbonyl (C=O) groups is 3. The monoisotopic (exact) mass is 832 g/mol. The van der Waals surface area contributed by atoms with E-state index in [1.54, 1.807) is 34.4 Å². The van der Waals surface area contributed by atoms with Crippen LogP contribution in [0.4, 0.5) is 0 Å². The average molecular weight is 833 g/mol. The second-order valence-electron chi connectivity index (χ2n) is 15.3. The summed E-state index contributed by atoms with van der Waals surface area (Å²) in [5.74, 6) is -2.36. The summed E-state index contributed by atoms with van der Waals surface area (Å²) in [6.07, 6.45) is -0.206. The van der Waals surface area contributed by atoms with Crippen molar-refractivity contribution < 1.29 is 33.9 Å². The van der Waals surface area contributed by atoms with Crippen molar-refractivity contribution in [1.29, 1.82) is 5.41 Å². The molecule has 1 saturated heterocycles. The van der Waals surface area contributed by atoms with E-state index in [-0.39, 0.29) is 54.7 Å². The van der Waals surface area contributed by atoms with Crippen LogP contribution in [0.5, 0.6) is 11.6 Å². The van der Waals surface area contributed by atoms with E-state index in [9.17, 15) is 24.6 Å². The first kappa shape index (κ1) is 40.1. The molecule has 0 radical (unpaired) electrons. The van der Waals surface area contributed by atoms with E-state index >= 15 is 0 Å². The summed E-state index contributed by atoms with van der Waals surface area (Å²) >= 11 is 1.57. The van der Waals surface area contributed by atoms with E-state index in [0.717, 1.165) is 38.3 Å². The number of β-amino-alcohol motifs (C(OH)–C–C–N with tert-alkyl or cyclic N) is 1. The number of fused-ring (bicyclic) bond motifs is 3. The van der Waals surface area contributed by atoms with Crippen LogP contribution in [-0.2, 0) is 33.9 Å². The van der Waals surface area contributed by atoms with Gasteiger partial charge in [0, 0.05) is 67.3 Å². The fraction of sp³-hybridized carbons (Fsp3) is 0.333. The third kappa shape index (κ3) is 8.28. The number of H-pyrrole nitrogens is 1. The summed E-state index contributed by atoms with van der Waals surface area (Å²) in [4.78, 5) is 52.3. The number of para-hydroxylation sites is 1. The molecule has 2 aliphatic heterocycles. The first-order valence-electron chi connectivity index (χ1n) is 19.6. The number of nitrogens with one attached hydrogen (secondary N) is 4. The van der Waals surface area contributed by atoms with Crippen molar-refractivity contribution in [2.75, 3.05) is 19.7 Å². The maximum Gasteiger partial charge on any atom is 0.264 e. The van der Waals surface area contributed by atoms with Crippen LogP contribution in [0.3, 0.4) is 0 Å². The predicted octanol–water partition coefficient (Wildman–Crippen LogP) is 4.26. The molecule has 6 N–H and O–H groups in total. The lowest BCUT2D eigenvalue weighted by Gasteiger charge is -2.29. The van der Waals surface area contributed by atoms with Crippen molar-refractivity contribution in [2.45, 2.75) is 64.8 Å². The Morgan fingerprint density at radius 1 is 1.12 bits per heavy atom. The molecule has 17 nitrogen and oxygen atoms in total. The number of hydrogen-bond donors (Lipinski definition) is 6. The van der Waals surface area contributed by atoms with Gasteiger partial charge in [0.2, 0.25) is 11.8 Å². The molecule has 0 aliphatic carbocycles. The summed E-state index contributed by atoms with van der Waals surface area (Å²) in [6.45, 7) is 6.19. The molecule has 2 aliphatic rings. The SMILES string of the molecule is Cc1ncsc1-c1ccc(CNC(=O)[C@@H]2C[C@@H](O)CN2C(=O)[C@@H](c2cc(OCC(=O)NC(=N)N3CCc4[nH]c5nnc(-c6ccccc6O)cc5c4C3)no2)C(C)C)cc1. The molecule has 2 aromatic carbocycles. The normalized spacial score (nSPS) is 16.8. The third-order valence-electron chi connectivity index (χ3n) is 10.9. The van der Waals surface area contributed by atoms with Crippen molar-refractivity contribution in [3.63, 3.8) is 0 Å². The topological polar surface area (TPSA) is 236 Å². The number of ether oxygens (including phenoxy) is 1. The molecule has 1 fully saturated rings. The molecule has 6 aromatic rings. The van der Waals surface area contributed by atoms with Gasteiger partial charge in [-0.3, -0.25) is 25.1 Å². The smallest absolute Gasteiger partial charge is 0.264 e. The van der Waals surface area contributed by atoms with Crippen molar-refractivity contribution in [3.8, 4) is 33.3 Å². The van der Waals surface area contributed by atoms with E-state index in [0.29, 0.717) is 36.4 Å². The summed E-state index contributed by atoms with van der Waals surface area (Å²) in [6, 6.07) is 17.1. The maximum atomic E-state index is 14.1. The standard InChI is InChI=1S/C42H44N10O7S/c1-22(2)37(41(57)52-18-26(53)14-32(52)40(56)44-17-24-8-10-25(11-9-24)38-23(3)45-21-60-38)34-16-36(50-59-34)58-20-35(55)47-42(43)51-13-12-30-29(19-51)28-15-31(48-49-39(28)46-30)27-6-4-5-7-33(27)54/h4-11,15-16,21-22,26,32,37,53-54H,12-14,17-20H2,1-3H3,(H,44,56)(H,46,49)(H2,43,47,55)/t26-,32+,37-/m1/s1. The van der Waals surface area contributed by atoms with Gasteiger partial charge in [-0.05, 0) is 47.3 Å². The van der Waals surface area contributed by atoms with Crippen molar-refractivity contribution in [2.24, 2.45) is 5.92 Å². The van der Waals surface area contributed by atoms with Crippen LogP contribution in [0.25, 0.3) is 32.7 Å². The van der Waals surface area contributed by atoms with Crippen LogP contribution >= 0.6 is 11.3 Å². The van der Waals surface area contributed by atoms with Crippen LogP contribution in [0.2, 0.25) is 0 Å². The molecule has 6 heterocycles. The Morgan fingerprint density at radius 2 is 1.92 bits per heavy atom. The Morgan fingerprint density at radius 3 is 2.67 bits per heavy atom. The van der Waals surface area contributed by atoms with Crippen LogP contribution in [-0.4, -0.2) is 101 Å². The molecule has 4 aromatic heterocycles. The van der Waals surface area contributed by atoms with Gasteiger partial charge >= 0.3 is 0 Å². The number of aromatic hydroxyl groups is 1. The first-order chi connectivity index (χ1) is 28.9. The van der Waals surface area contributed by atoms with Crippen LogP contribution < -0.4 is 15.4 Å². The van der Waals surface area contributed by atoms with Crippen molar-refractivity contribution in [1.82, 2.24) is 45.8 Å². The molecule has 3 amide bonds. The number of guanidine groups is 1. The number of aliphatic hydroxyl groups is 1. The summed E-state index contributed by atoms with van der Waals surface area (Å²) in [5.41, 5.74) is 8.24. The van der Waals surface area contributed by atoms with Gasteiger partial charge in [-0.25, -0.2) is 4.98 Å². The molecule has 0 spiro atoms. The van der Waals surface area contributed by atoms with Gasteiger partial charge in [-0.2, -0.15) is 0 Å². The highest BCUT2D eigenvalue weighted by Gasteiger charge is 2.43. The lowest BCUT2D eigenvalue weighted by Crippen LogP contribution is -2.48. The van der Waals surface area contributed by atoms with Gasteiger partial charge in [0.25, 0.3) is 11.8 Å². The Labute approximate surface area is 348 Å². The van der Waals surface area contributed by atoms with Gasteiger partial charge in [0.1, 0.15) is 17.7 Å². The predicted molar refractivity (Wildman–Crippen MR) is 221 cm³/mol. The van der Waals surface area contributed by atoms with Gasteiger partial charge in [0.05, 0.1) is 27.9 Å². The number of aromatic amines is 1. The number of benzene rings is 2. The zero-order chi connectivity index (χ0) is 42.1. The number of rotatable bonds is 11. The number of carbonyl (C=O) groups excluding carboxylic acids is 3. The van der Waals surface area contributed by atoms with Gasteiger partial charge in [-0.1, -0.05) is 50.2 Å². The third-order valence-corrected chi connectivity index (χ3v) is 11.9. The van der Waals surface area contributed by atoms with Gasteiger partial charge < -0.3 is 39.6 Å². The molecular formula is C42H44N10O7S.